The molecule has 0 bridgehead atoms. The number of carboxylic acid groups (broad SMARTS) is 1. The largest absolute Gasteiger partial charge is 0.508 e. The second kappa shape index (κ2) is 4.57. The highest BCUT2D eigenvalue weighted by molar-refractivity contribution is 8.14. The molecule has 5 heteroatoms. The topological polar surface area (TPSA) is 69.9 Å². The normalized spacial score (nSPS) is 19.5. The van der Waals surface area contributed by atoms with E-state index in [4.69, 9.17) is 5.11 Å². The highest BCUT2D eigenvalue weighted by Crippen LogP contribution is 2.24. The fourth-order valence-corrected chi connectivity index (χ4v) is 2.50. The van der Waals surface area contributed by atoms with Crippen molar-refractivity contribution in [2.24, 2.45) is 4.99 Å². The average Bonchev–Trinajstić information content (AvgIpc) is 2.70. The summed E-state index contributed by atoms with van der Waals surface area (Å²) in [6.07, 6.45) is 0.501. The van der Waals surface area contributed by atoms with Gasteiger partial charge in [0.1, 0.15) is 5.75 Å². The number of carbonyl (C=O) groups is 1. The molecule has 2 rings (SSSR count). The second-order valence-corrected chi connectivity index (χ2v) is 4.59. The molecule has 1 heterocycles. The van der Waals surface area contributed by atoms with E-state index in [1.165, 1.54) is 11.8 Å². The number of phenols is 1. The number of aliphatic imine (C=N–C) groups is 1. The van der Waals surface area contributed by atoms with Crippen LogP contribution >= 0.6 is 11.8 Å². The van der Waals surface area contributed by atoms with E-state index in [1.54, 1.807) is 12.1 Å². The molecule has 16 heavy (non-hydrogen) atoms. The zero-order valence-corrected chi connectivity index (χ0v) is 9.28. The van der Waals surface area contributed by atoms with E-state index in [1.807, 2.05) is 12.1 Å². The summed E-state index contributed by atoms with van der Waals surface area (Å²) in [4.78, 5) is 14.8. The van der Waals surface area contributed by atoms with E-state index in [0.717, 1.165) is 10.6 Å². The third-order valence-corrected chi connectivity index (χ3v) is 3.39. The van der Waals surface area contributed by atoms with Crippen LogP contribution < -0.4 is 0 Å². The number of hydrogen-bond donors (Lipinski definition) is 2. The molecule has 1 aliphatic rings. The van der Waals surface area contributed by atoms with Crippen LogP contribution in [0.1, 0.15) is 5.56 Å². The molecule has 0 unspecified atom stereocenters. The first-order valence-electron chi connectivity index (χ1n) is 4.86. The van der Waals surface area contributed by atoms with Gasteiger partial charge >= 0.3 is 5.97 Å². The van der Waals surface area contributed by atoms with Gasteiger partial charge in [-0.25, -0.2) is 4.79 Å². The molecular weight excluding hydrogens is 226 g/mol. The zero-order valence-electron chi connectivity index (χ0n) is 8.46. The van der Waals surface area contributed by atoms with Crippen LogP contribution in [-0.2, 0) is 11.2 Å². The predicted octanol–water partition coefficient (Wildman–Crippen LogP) is 1.53. The molecule has 1 aromatic carbocycles. The van der Waals surface area contributed by atoms with Crippen LogP contribution in [0.2, 0.25) is 0 Å². The second-order valence-electron chi connectivity index (χ2n) is 3.49. The quantitative estimate of drug-likeness (QED) is 0.836. The maximum absolute atomic E-state index is 10.7. The number of rotatable bonds is 3. The molecule has 4 nitrogen and oxygen atoms in total. The molecule has 1 aliphatic heterocycles. The summed E-state index contributed by atoms with van der Waals surface area (Å²) < 4.78 is 0. The smallest absolute Gasteiger partial charge is 0.329 e. The molecule has 0 radical (unpaired) electrons. The number of para-hydroxylation sites is 1. The Kier molecular flexibility index (Phi) is 3.14. The molecular formula is C11H11NO3S. The fourth-order valence-electron chi connectivity index (χ4n) is 1.47. The van der Waals surface area contributed by atoms with Gasteiger partial charge in [-0.3, -0.25) is 4.99 Å². The van der Waals surface area contributed by atoms with E-state index < -0.39 is 12.0 Å². The van der Waals surface area contributed by atoms with Gasteiger partial charge in [-0.05, 0) is 6.07 Å². The third kappa shape index (κ3) is 2.36. The SMILES string of the molecule is O=C(O)[C@H]1CSC(Cc2ccccc2O)=N1. The van der Waals surface area contributed by atoms with Gasteiger partial charge < -0.3 is 10.2 Å². The fraction of sp³-hybridized carbons (Fsp3) is 0.273. The number of aromatic hydroxyl groups is 1. The first-order chi connectivity index (χ1) is 7.66. The van der Waals surface area contributed by atoms with Crippen molar-refractivity contribution in [3.05, 3.63) is 29.8 Å². The van der Waals surface area contributed by atoms with Crippen LogP contribution in [0.4, 0.5) is 0 Å². The van der Waals surface area contributed by atoms with Crippen molar-refractivity contribution in [3.63, 3.8) is 0 Å². The van der Waals surface area contributed by atoms with E-state index in [-0.39, 0.29) is 5.75 Å². The molecule has 1 atom stereocenters. The Morgan fingerprint density at radius 1 is 1.50 bits per heavy atom. The van der Waals surface area contributed by atoms with Gasteiger partial charge in [0.25, 0.3) is 0 Å². The Bertz CT molecular complexity index is 445. The molecule has 0 amide bonds. The maximum Gasteiger partial charge on any atom is 0.329 e. The predicted molar refractivity (Wildman–Crippen MR) is 63.1 cm³/mol. The van der Waals surface area contributed by atoms with Crippen molar-refractivity contribution in [3.8, 4) is 5.75 Å². The molecule has 0 saturated carbocycles. The lowest BCUT2D eigenvalue weighted by Gasteiger charge is -2.02. The summed E-state index contributed by atoms with van der Waals surface area (Å²) in [7, 11) is 0. The van der Waals surface area contributed by atoms with Crippen molar-refractivity contribution in [2.45, 2.75) is 12.5 Å². The maximum atomic E-state index is 10.7. The summed E-state index contributed by atoms with van der Waals surface area (Å²) in [5, 5.41) is 19.1. The van der Waals surface area contributed by atoms with Crippen LogP contribution in [0.5, 0.6) is 5.75 Å². The summed E-state index contributed by atoms with van der Waals surface area (Å²) in [6.45, 7) is 0. The number of thioether (sulfide) groups is 1. The van der Waals surface area contributed by atoms with Crippen molar-refractivity contribution in [1.82, 2.24) is 0 Å². The molecule has 0 aliphatic carbocycles. The number of benzene rings is 1. The summed E-state index contributed by atoms with van der Waals surface area (Å²) in [6, 6.07) is 6.38. The molecule has 1 aromatic rings. The summed E-state index contributed by atoms with van der Waals surface area (Å²) in [5.41, 5.74) is 0.778. The van der Waals surface area contributed by atoms with Gasteiger partial charge in [-0.1, -0.05) is 18.2 Å². The van der Waals surface area contributed by atoms with Crippen LogP contribution in [0.3, 0.4) is 0 Å². The van der Waals surface area contributed by atoms with Crippen LogP contribution in [-0.4, -0.2) is 33.0 Å². The molecule has 0 saturated heterocycles. The summed E-state index contributed by atoms with van der Waals surface area (Å²) >= 11 is 1.44. The molecule has 0 spiro atoms. The number of aliphatic carboxylic acids is 1. The van der Waals surface area contributed by atoms with E-state index in [9.17, 15) is 9.90 Å². The lowest BCUT2D eigenvalue weighted by molar-refractivity contribution is -0.137. The van der Waals surface area contributed by atoms with E-state index in [2.05, 4.69) is 4.99 Å². The van der Waals surface area contributed by atoms with Gasteiger partial charge in [0.05, 0.1) is 5.04 Å². The Hall–Kier alpha value is -1.49. The first kappa shape index (κ1) is 11.0. The Morgan fingerprint density at radius 3 is 2.88 bits per heavy atom. The van der Waals surface area contributed by atoms with Gasteiger partial charge in [0, 0.05) is 17.7 Å². The van der Waals surface area contributed by atoms with Gasteiger partial charge in [0.2, 0.25) is 0 Å². The van der Waals surface area contributed by atoms with Crippen molar-refractivity contribution >= 4 is 22.8 Å². The van der Waals surface area contributed by atoms with Gasteiger partial charge in [-0.15, -0.1) is 11.8 Å². The monoisotopic (exact) mass is 237 g/mol. The first-order valence-corrected chi connectivity index (χ1v) is 5.84. The highest BCUT2D eigenvalue weighted by Gasteiger charge is 2.24. The van der Waals surface area contributed by atoms with Crippen LogP contribution in [0.15, 0.2) is 29.3 Å². The van der Waals surface area contributed by atoms with E-state index in [0.29, 0.717) is 12.2 Å². The zero-order chi connectivity index (χ0) is 11.5. The molecule has 0 aromatic heterocycles. The lowest BCUT2D eigenvalue weighted by Crippen LogP contribution is -2.17. The number of hydrogen-bond acceptors (Lipinski definition) is 4. The minimum atomic E-state index is -0.889. The summed E-state index contributed by atoms with van der Waals surface area (Å²) in [5.74, 6) is -0.178. The van der Waals surface area contributed by atoms with Gasteiger partial charge in [0.15, 0.2) is 6.04 Å². The Labute approximate surface area is 97.0 Å². The van der Waals surface area contributed by atoms with Crippen molar-refractivity contribution in [2.75, 3.05) is 5.75 Å². The van der Waals surface area contributed by atoms with Crippen LogP contribution in [0, 0.1) is 0 Å². The Balaban J connectivity index is 2.09. The van der Waals surface area contributed by atoms with Crippen molar-refractivity contribution in [1.29, 1.82) is 0 Å². The minimum Gasteiger partial charge on any atom is -0.508 e. The van der Waals surface area contributed by atoms with E-state index >= 15 is 0 Å². The minimum absolute atomic E-state index is 0.226. The highest BCUT2D eigenvalue weighted by atomic mass is 32.2. The third-order valence-electron chi connectivity index (χ3n) is 2.33. The lowest BCUT2D eigenvalue weighted by atomic mass is 10.1. The average molecular weight is 237 g/mol. The molecule has 84 valence electrons. The molecule has 2 N–H and O–H groups in total. The van der Waals surface area contributed by atoms with Crippen LogP contribution in [0.25, 0.3) is 0 Å². The molecule has 0 fully saturated rings. The van der Waals surface area contributed by atoms with Crippen molar-refractivity contribution < 1.29 is 15.0 Å². The van der Waals surface area contributed by atoms with Gasteiger partial charge in [-0.2, -0.15) is 0 Å². The Morgan fingerprint density at radius 2 is 2.25 bits per heavy atom. The number of phenolic OH excluding ortho intramolecular Hbond substituents is 1. The number of carboxylic acids is 1. The standard InChI is InChI=1S/C11H11NO3S/c13-9-4-2-1-3-7(9)5-10-12-8(6-16-10)11(14)15/h1-4,8,13H,5-6H2,(H,14,15)/t8-/m1/s1. The number of nitrogens with zero attached hydrogens (tertiary/aromatic N) is 1.